The van der Waals surface area contributed by atoms with Gasteiger partial charge in [0, 0.05) is 18.8 Å². The van der Waals surface area contributed by atoms with E-state index in [2.05, 4.69) is 16.4 Å². The molecule has 1 amide bonds. The fourth-order valence-electron chi connectivity index (χ4n) is 2.41. The quantitative estimate of drug-likeness (QED) is 0.914. The molecule has 20 heavy (non-hydrogen) atoms. The van der Waals surface area contributed by atoms with Crippen molar-refractivity contribution < 1.29 is 4.79 Å². The van der Waals surface area contributed by atoms with Crippen LogP contribution >= 0.6 is 0 Å². The lowest BCUT2D eigenvalue weighted by atomic mass is 10.1. The SMILES string of the molecule is Cc1ccc(C#N)c(NC(C)C(=O)N2CCCCC2)n1. The molecule has 1 aromatic heterocycles. The number of nitrogens with one attached hydrogen (secondary N) is 1. The molecule has 1 aromatic rings. The highest BCUT2D eigenvalue weighted by Crippen LogP contribution is 2.15. The summed E-state index contributed by atoms with van der Waals surface area (Å²) < 4.78 is 0. The molecule has 0 saturated carbocycles. The highest BCUT2D eigenvalue weighted by atomic mass is 16.2. The topological polar surface area (TPSA) is 69.0 Å². The Balaban J connectivity index is 2.07. The van der Waals surface area contributed by atoms with Crippen molar-refractivity contribution in [2.75, 3.05) is 18.4 Å². The first kappa shape index (κ1) is 14.3. The fourth-order valence-corrected chi connectivity index (χ4v) is 2.41. The summed E-state index contributed by atoms with van der Waals surface area (Å²) in [5, 5.41) is 12.2. The predicted molar refractivity (Wildman–Crippen MR) is 77.2 cm³/mol. The van der Waals surface area contributed by atoms with Crippen molar-refractivity contribution in [3.63, 3.8) is 0 Å². The van der Waals surface area contributed by atoms with Crippen LogP contribution in [0.1, 0.15) is 37.4 Å². The van der Waals surface area contributed by atoms with Gasteiger partial charge in [-0.15, -0.1) is 0 Å². The fraction of sp³-hybridized carbons (Fsp3) is 0.533. The molecule has 1 N–H and O–H groups in total. The molecule has 0 bridgehead atoms. The lowest BCUT2D eigenvalue weighted by Gasteiger charge is -2.29. The third-order valence-corrected chi connectivity index (χ3v) is 3.55. The Morgan fingerprint density at radius 1 is 1.40 bits per heavy atom. The Bertz CT molecular complexity index is 529. The third-order valence-electron chi connectivity index (χ3n) is 3.55. The lowest BCUT2D eigenvalue weighted by Crippen LogP contribution is -2.44. The summed E-state index contributed by atoms with van der Waals surface area (Å²) >= 11 is 0. The molecule has 0 aliphatic carbocycles. The van der Waals surface area contributed by atoms with E-state index in [0.29, 0.717) is 11.4 Å². The molecular weight excluding hydrogens is 252 g/mol. The number of aryl methyl sites for hydroxylation is 1. The van der Waals surface area contributed by atoms with E-state index in [9.17, 15) is 4.79 Å². The zero-order chi connectivity index (χ0) is 14.5. The molecule has 0 radical (unpaired) electrons. The number of hydrogen-bond acceptors (Lipinski definition) is 4. The number of carbonyl (C=O) groups is 1. The van der Waals surface area contributed by atoms with Gasteiger partial charge in [-0.1, -0.05) is 0 Å². The zero-order valence-electron chi connectivity index (χ0n) is 12.0. The van der Waals surface area contributed by atoms with E-state index in [1.807, 2.05) is 18.7 Å². The van der Waals surface area contributed by atoms with Crippen LogP contribution in [-0.2, 0) is 4.79 Å². The van der Waals surface area contributed by atoms with Crippen molar-refractivity contribution in [3.05, 3.63) is 23.4 Å². The summed E-state index contributed by atoms with van der Waals surface area (Å²) in [6, 6.07) is 5.25. The number of amides is 1. The van der Waals surface area contributed by atoms with Crippen molar-refractivity contribution in [1.82, 2.24) is 9.88 Å². The number of anilines is 1. The number of aromatic nitrogens is 1. The lowest BCUT2D eigenvalue weighted by molar-refractivity contribution is -0.132. The van der Waals surface area contributed by atoms with Crippen LogP contribution in [0.2, 0.25) is 0 Å². The molecule has 1 saturated heterocycles. The smallest absolute Gasteiger partial charge is 0.244 e. The molecule has 106 valence electrons. The Morgan fingerprint density at radius 3 is 2.75 bits per heavy atom. The van der Waals surface area contributed by atoms with Gasteiger partial charge in [-0.05, 0) is 45.2 Å². The summed E-state index contributed by atoms with van der Waals surface area (Å²) in [6.07, 6.45) is 3.35. The predicted octanol–water partition coefficient (Wildman–Crippen LogP) is 2.07. The molecule has 5 heteroatoms. The molecular formula is C15H20N4O. The van der Waals surface area contributed by atoms with Gasteiger partial charge in [0.2, 0.25) is 5.91 Å². The van der Waals surface area contributed by atoms with E-state index in [0.717, 1.165) is 31.6 Å². The molecule has 2 heterocycles. The minimum absolute atomic E-state index is 0.0805. The second kappa shape index (κ2) is 6.38. The monoisotopic (exact) mass is 272 g/mol. The van der Waals surface area contributed by atoms with Crippen LogP contribution in [0.15, 0.2) is 12.1 Å². The van der Waals surface area contributed by atoms with Gasteiger partial charge < -0.3 is 10.2 Å². The summed E-state index contributed by atoms with van der Waals surface area (Å²) in [4.78, 5) is 18.5. The molecule has 1 fully saturated rings. The zero-order valence-corrected chi connectivity index (χ0v) is 12.0. The van der Waals surface area contributed by atoms with Crippen LogP contribution < -0.4 is 5.32 Å². The maximum Gasteiger partial charge on any atom is 0.244 e. The Hall–Kier alpha value is -2.09. The number of nitrogens with zero attached hydrogens (tertiary/aromatic N) is 3. The minimum Gasteiger partial charge on any atom is -0.358 e. The first-order valence-corrected chi connectivity index (χ1v) is 7.05. The van der Waals surface area contributed by atoms with E-state index < -0.39 is 0 Å². The Labute approximate surface area is 119 Å². The van der Waals surface area contributed by atoms with Crippen LogP contribution in [-0.4, -0.2) is 34.9 Å². The first-order chi connectivity index (χ1) is 9.61. The van der Waals surface area contributed by atoms with Gasteiger partial charge in [0.15, 0.2) is 0 Å². The van der Waals surface area contributed by atoms with Crippen molar-refractivity contribution in [2.24, 2.45) is 0 Å². The number of carbonyl (C=O) groups excluding carboxylic acids is 1. The summed E-state index contributed by atoms with van der Waals surface area (Å²) in [5.74, 6) is 0.572. The number of pyridine rings is 1. The van der Waals surface area contributed by atoms with Gasteiger partial charge in [-0.25, -0.2) is 4.98 Å². The molecule has 1 unspecified atom stereocenters. The Kier molecular flexibility index (Phi) is 4.57. The maximum atomic E-state index is 12.3. The van der Waals surface area contributed by atoms with Crippen LogP contribution in [0.4, 0.5) is 5.82 Å². The molecule has 0 spiro atoms. The van der Waals surface area contributed by atoms with Crippen molar-refractivity contribution in [1.29, 1.82) is 5.26 Å². The second-order valence-corrected chi connectivity index (χ2v) is 5.21. The number of piperidine rings is 1. The molecule has 1 atom stereocenters. The van der Waals surface area contributed by atoms with E-state index in [1.54, 1.807) is 12.1 Å². The van der Waals surface area contributed by atoms with Gasteiger partial charge in [0.25, 0.3) is 0 Å². The van der Waals surface area contributed by atoms with Gasteiger partial charge in [-0.2, -0.15) is 5.26 Å². The molecule has 0 aromatic carbocycles. The van der Waals surface area contributed by atoms with Gasteiger partial charge in [0.05, 0.1) is 5.56 Å². The normalized spacial score (nSPS) is 16.4. The standard InChI is InChI=1S/C15H20N4O/c1-11-6-7-13(10-16)14(17-11)18-12(2)15(20)19-8-4-3-5-9-19/h6-7,12H,3-5,8-9H2,1-2H3,(H,17,18). The van der Waals surface area contributed by atoms with Crippen molar-refractivity contribution >= 4 is 11.7 Å². The molecule has 1 aliphatic rings. The average Bonchev–Trinajstić information content (AvgIpc) is 2.47. The summed E-state index contributed by atoms with van der Waals surface area (Å²) in [6.45, 7) is 5.35. The van der Waals surface area contributed by atoms with E-state index in [-0.39, 0.29) is 11.9 Å². The average molecular weight is 272 g/mol. The van der Waals surface area contributed by atoms with Crippen molar-refractivity contribution in [3.8, 4) is 6.07 Å². The highest BCUT2D eigenvalue weighted by Gasteiger charge is 2.22. The van der Waals surface area contributed by atoms with Crippen LogP contribution in [0.3, 0.4) is 0 Å². The molecule has 5 nitrogen and oxygen atoms in total. The van der Waals surface area contributed by atoms with Crippen LogP contribution in [0.5, 0.6) is 0 Å². The number of nitriles is 1. The van der Waals surface area contributed by atoms with Gasteiger partial charge in [0.1, 0.15) is 17.9 Å². The molecule has 2 rings (SSSR count). The largest absolute Gasteiger partial charge is 0.358 e. The summed E-state index contributed by atoms with van der Waals surface area (Å²) in [7, 11) is 0. The minimum atomic E-state index is -0.366. The number of hydrogen-bond donors (Lipinski definition) is 1. The van der Waals surface area contributed by atoms with E-state index >= 15 is 0 Å². The molecule has 1 aliphatic heterocycles. The number of rotatable bonds is 3. The Morgan fingerprint density at radius 2 is 2.10 bits per heavy atom. The maximum absolute atomic E-state index is 12.3. The van der Waals surface area contributed by atoms with Crippen LogP contribution in [0.25, 0.3) is 0 Å². The van der Waals surface area contributed by atoms with Crippen LogP contribution in [0, 0.1) is 18.3 Å². The van der Waals surface area contributed by atoms with Crippen molar-refractivity contribution in [2.45, 2.75) is 39.2 Å². The van der Waals surface area contributed by atoms with E-state index in [1.165, 1.54) is 6.42 Å². The third kappa shape index (κ3) is 3.27. The van der Waals surface area contributed by atoms with E-state index in [4.69, 9.17) is 5.26 Å². The second-order valence-electron chi connectivity index (χ2n) is 5.21. The highest BCUT2D eigenvalue weighted by molar-refractivity contribution is 5.84. The van der Waals surface area contributed by atoms with Gasteiger partial charge in [-0.3, -0.25) is 4.79 Å². The first-order valence-electron chi connectivity index (χ1n) is 7.05. The van der Waals surface area contributed by atoms with Gasteiger partial charge >= 0.3 is 0 Å². The number of likely N-dealkylation sites (tertiary alicyclic amines) is 1. The summed E-state index contributed by atoms with van der Waals surface area (Å²) in [5.41, 5.74) is 1.29.